The van der Waals surface area contributed by atoms with Gasteiger partial charge in [0.1, 0.15) is 6.04 Å². The molecule has 1 unspecified atom stereocenters. The van der Waals surface area contributed by atoms with E-state index in [1.165, 1.54) is 0 Å². The molecular weight excluding hydrogens is 280 g/mol. The molecule has 0 radical (unpaired) electrons. The van der Waals surface area contributed by atoms with Crippen molar-refractivity contribution in [2.45, 2.75) is 18.9 Å². The van der Waals surface area contributed by atoms with E-state index < -0.39 is 6.03 Å². The summed E-state index contributed by atoms with van der Waals surface area (Å²) in [5.74, 6) is 0.244. The van der Waals surface area contributed by atoms with E-state index in [4.69, 9.17) is 11.6 Å². The number of nitrogens with one attached hydrogen (secondary N) is 2. The SMILES string of the molecule is O=C(N=C1NC(=O)C2CCCN12)Nc1cccc(Cl)c1. The Morgan fingerprint density at radius 2 is 2.35 bits per heavy atom. The van der Waals surface area contributed by atoms with Crippen LogP contribution in [0.15, 0.2) is 29.3 Å². The maximum atomic E-state index is 11.9. The first-order chi connectivity index (χ1) is 9.63. The molecule has 20 heavy (non-hydrogen) atoms. The minimum Gasteiger partial charge on any atom is -0.330 e. The van der Waals surface area contributed by atoms with Crippen LogP contribution in [0.4, 0.5) is 10.5 Å². The second kappa shape index (κ2) is 5.13. The molecule has 0 aromatic heterocycles. The van der Waals surface area contributed by atoms with E-state index in [1.807, 2.05) is 4.90 Å². The number of anilines is 1. The summed E-state index contributed by atoms with van der Waals surface area (Å²) in [4.78, 5) is 29.3. The molecule has 1 aromatic carbocycles. The normalized spacial score (nSPS) is 22.9. The molecule has 1 aromatic rings. The second-order valence-corrected chi connectivity index (χ2v) is 5.15. The molecule has 2 aliphatic heterocycles. The molecule has 104 valence electrons. The Hall–Kier alpha value is -2.08. The third-order valence-electron chi connectivity index (χ3n) is 3.35. The van der Waals surface area contributed by atoms with Crippen LogP contribution >= 0.6 is 11.6 Å². The average molecular weight is 293 g/mol. The molecular formula is C13H13ClN4O2. The molecule has 2 fully saturated rings. The van der Waals surface area contributed by atoms with E-state index in [-0.39, 0.29) is 11.9 Å². The summed E-state index contributed by atoms with van der Waals surface area (Å²) in [5.41, 5.74) is 0.564. The number of halogens is 1. The van der Waals surface area contributed by atoms with E-state index in [1.54, 1.807) is 24.3 Å². The topological polar surface area (TPSA) is 73.8 Å². The van der Waals surface area contributed by atoms with Gasteiger partial charge in [0.15, 0.2) is 0 Å². The van der Waals surface area contributed by atoms with Gasteiger partial charge in [-0.05, 0) is 31.0 Å². The highest BCUT2D eigenvalue weighted by Gasteiger charge is 2.40. The number of aliphatic imine (C=N–C) groups is 1. The van der Waals surface area contributed by atoms with E-state index in [0.717, 1.165) is 19.4 Å². The summed E-state index contributed by atoms with van der Waals surface area (Å²) in [6.07, 6.45) is 1.74. The van der Waals surface area contributed by atoms with Gasteiger partial charge < -0.3 is 10.2 Å². The number of hydrogen-bond donors (Lipinski definition) is 2. The first-order valence-corrected chi connectivity index (χ1v) is 6.74. The van der Waals surface area contributed by atoms with E-state index in [9.17, 15) is 9.59 Å². The van der Waals surface area contributed by atoms with Crippen LogP contribution in [0.1, 0.15) is 12.8 Å². The highest BCUT2D eigenvalue weighted by atomic mass is 35.5. The van der Waals surface area contributed by atoms with Gasteiger partial charge in [-0.1, -0.05) is 17.7 Å². The Labute approximate surface area is 120 Å². The number of amides is 3. The van der Waals surface area contributed by atoms with Crippen molar-refractivity contribution in [2.24, 2.45) is 4.99 Å². The summed E-state index contributed by atoms with van der Waals surface area (Å²) >= 11 is 5.84. The quantitative estimate of drug-likeness (QED) is 0.829. The molecule has 1 atom stereocenters. The zero-order valence-corrected chi connectivity index (χ0v) is 11.4. The van der Waals surface area contributed by atoms with Crippen molar-refractivity contribution < 1.29 is 9.59 Å². The number of carbonyl (C=O) groups is 2. The van der Waals surface area contributed by atoms with Crippen LogP contribution in [0.2, 0.25) is 5.02 Å². The number of fused-ring (bicyclic) bond motifs is 1. The fourth-order valence-electron chi connectivity index (χ4n) is 2.46. The number of benzene rings is 1. The standard InChI is InChI=1S/C13H13ClN4O2/c14-8-3-1-4-9(7-8)15-13(20)17-12-16-11(19)10-5-2-6-18(10)12/h1,3-4,7,10H,2,5-6H2,(H2,15,16,17,19,20). The Morgan fingerprint density at radius 1 is 1.50 bits per heavy atom. The van der Waals surface area contributed by atoms with Crippen LogP contribution in [-0.4, -0.2) is 35.4 Å². The zero-order chi connectivity index (χ0) is 14.1. The molecule has 0 spiro atoms. The van der Waals surface area contributed by atoms with Crippen molar-refractivity contribution in [3.8, 4) is 0 Å². The number of carbonyl (C=O) groups excluding carboxylic acids is 2. The van der Waals surface area contributed by atoms with Gasteiger partial charge in [-0.3, -0.25) is 10.1 Å². The molecule has 0 aliphatic carbocycles. The van der Waals surface area contributed by atoms with Crippen LogP contribution < -0.4 is 10.6 Å². The molecule has 3 amide bonds. The van der Waals surface area contributed by atoms with E-state index in [0.29, 0.717) is 16.7 Å². The minimum atomic E-state index is -0.532. The van der Waals surface area contributed by atoms with Crippen LogP contribution in [0.25, 0.3) is 0 Å². The molecule has 0 saturated carbocycles. The fourth-order valence-corrected chi connectivity index (χ4v) is 2.65. The fraction of sp³-hybridized carbons (Fsp3) is 0.308. The maximum absolute atomic E-state index is 11.9. The third-order valence-corrected chi connectivity index (χ3v) is 3.58. The van der Waals surface area contributed by atoms with E-state index in [2.05, 4.69) is 15.6 Å². The summed E-state index contributed by atoms with van der Waals surface area (Å²) in [5, 5.41) is 5.78. The molecule has 3 rings (SSSR count). The van der Waals surface area contributed by atoms with Crippen molar-refractivity contribution in [2.75, 3.05) is 11.9 Å². The summed E-state index contributed by atoms with van der Waals surface area (Å²) in [6, 6.07) is 6.10. The maximum Gasteiger partial charge on any atom is 0.348 e. The molecule has 2 saturated heterocycles. The smallest absolute Gasteiger partial charge is 0.330 e. The largest absolute Gasteiger partial charge is 0.348 e. The molecule has 7 heteroatoms. The van der Waals surface area contributed by atoms with Crippen LogP contribution in [0, 0.1) is 0 Å². The molecule has 6 nitrogen and oxygen atoms in total. The summed E-state index contributed by atoms with van der Waals surface area (Å²) in [7, 11) is 0. The van der Waals surface area contributed by atoms with Gasteiger partial charge >= 0.3 is 6.03 Å². The lowest BCUT2D eigenvalue weighted by molar-refractivity contribution is -0.120. The number of rotatable bonds is 1. The molecule has 2 aliphatic rings. The lowest BCUT2D eigenvalue weighted by Gasteiger charge is -2.13. The van der Waals surface area contributed by atoms with E-state index >= 15 is 0 Å². The average Bonchev–Trinajstić information content (AvgIpc) is 2.95. The predicted octanol–water partition coefficient (Wildman–Crippen LogP) is 1.82. The summed E-state index contributed by atoms with van der Waals surface area (Å²) < 4.78 is 0. The van der Waals surface area contributed by atoms with Crippen molar-refractivity contribution in [3.05, 3.63) is 29.3 Å². The highest BCUT2D eigenvalue weighted by Crippen LogP contribution is 2.22. The van der Waals surface area contributed by atoms with Gasteiger partial charge in [-0.2, -0.15) is 4.99 Å². The predicted molar refractivity (Wildman–Crippen MR) is 75.8 cm³/mol. The lowest BCUT2D eigenvalue weighted by Crippen LogP contribution is -2.32. The van der Waals surface area contributed by atoms with Gasteiger partial charge in [0, 0.05) is 17.3 Å². The number of urea groups is 1. The van der Waals surface area contributed by atoms with Crippen molar-refractivity contribution in [1.29, 1.82) is 0 Å². The van der Waals surface area contributed by atoms with Crippen molar-refractivity contribution in [1.82, 2.24) is 10.2 Å². The molecule has 0 bridgehead atoms. The van der Waals surface area contributed by atoms with Gasteiger partial charge in [-0.15, -0.1) is 0 Å². The summed E-state index contributed by atoms with van der Waals surface area (Å²) in [6.45, 7) is 0.743. The van der Waals surface area contributed by atoms with Gasteiger partial charge in [0.25, 0.3) is 0 Å². The van der Waals surface area contributed by atoms with Gasteiger partial charge in [-0.25, -0.2) is 4.79 Å². The van der Waals surface area contributed by atoms with Crippen molar-refractivity contribution >= 4 is 35.2 Å². The molecule has 2 N–H and O–H groups in total. The van der Waals surface area contributed by atoms with Crippen LogP contribution in [0.3, 0.4) is 0 Å². The first kappa shape index (κ1) is 12.9. The Bertz CT molecular complexity index is 602. The monoisotopic (exact) mass is 292 g/mol. The lowest BCUT2D eigenvalue weighted by atomic mass is 10.2. The Balaban J connectivity index is 1.72. The zero-order valence-electron chi connectivity index (χ0n) is 10.6. The Kier molecular flexibility index (Phi) is 3.31. The van der Waals surface area contributed by atoms with Gasteiger partial charge in [0.2, 0.25) is 11.9 Å². The first-order valence-electron chi connectivity index (χ1n) is 6.36. The minimum absolute atomic E-state index is 0.0863. The number of hydrogen-bond acceptors (Lipinski definition) is 2. The highest BCUT2D eigenvalue weighted by molar-refractivity contribution is 6.30. The van der Waals surface area contributed by atoms with Gasteiger partial charge in [0.05, 0.1) is 0 Å². The van der Waals surface area contributed by atoms with Crippen LogP contribution in [0.5, 0.6) is 0 Å². The molecule has 2 heterocycles. The second-order valence-electron chi connectivity index (χ2n) is 4.72. The third kappa shape index (κ3) is 2.46. The number of nitrogens with zero attached hydrogens (tertiary/aromatic N) is 2. The van der Waals surface area contributed by atoms with Crippen LogP contribution in [-0.2, 0) is 4.79 Å². The number of guanidine groups is 1. The Morgan fingerprint density at radius 3 is 3.15 bits per heavy atom. The van der Waals surface area contributed by atoms with Crippen molar-refractivity contribution in [3.63, 3.8) is 0 Å².